The first-order valence-corrected chi connectivity index (χ1v) is 7.95. The number of benzene rings is 1. The molecule has 0 radical (unpaired) electrons. The molecule has 1 saturated carbocycles. The van der Waals surface area contributed by atoms with Crippen LogP contribution in [0.1, 0.15) is 37.7 Å². The number of nitrogens with one attached hydrogen (secondary N) is 1. The fraction of sp³-hybridized carbons (Fsp3) is 0.556. The predicted octanol–water partition coefficient (Wildman–Crippen LogP) is 4.03. The van der Waals surface area contributed by atoms with Crippen molar-refractivity contribution >= 4 is 6.08 Å². The third-order valence-corrected chi connectivity index (χ3v) is 4.14. The van der Waals surface area contributed by atoms with Gasteiger partial charge in [0.05, 0.1) is 6.61 Å². The molecule has 0 atom stereocenters. The average molecular weight is 291 g/mol. The standard InChI is InChI=1S/C18H26FNO/c1-21-11-10-20-14-17(16-7-3-2-4-8-16)12-15-6-5-9-18(19)13-15/h5-6,9,12-13,16,20H,2-4,7-8,10-11,14H2,1H3/b17-12-. The summed E-state index contributed by atoms with van der Waals surface area (Å²) in [5.74, 6) is 0.469. The van der Waals surface area contributed by atoms with Crippen LogP contribution in [0.15, 0.2) is 29.8 Å². The maximum Gasteiger partial charge on any atom is 0.123 e. The van der Waals surface area contributed by atoms with Crippen LogP contribution in [0, 0.1) is 11.7 Å². The van der Waals surface area contributed by atoms with Gasteiger partial charge in [0.1, 0.15) is 5.82 Å². The summed E-state index contributed by atoms with van der Waals surface area (Å²) < 4.78 is 18.4. The molecule has 1 aromatic rings. The van der Waals surface area contributed by atoms with Crippen LogP contribution in [0.5, 0.6) is 0 Å². The molecule has 116 valence electrons. The Kier molecular flexibility index (Phi) is 6.90. The Morgan fingerprint density at radius 2 is 2.14 bits per heavy atom. The molecule has 1 fully saturated rings. The fourth-order valence-electron chi connectivity index (χ4n) is 3.00. The van der Waals surface area contributed by atoms with E-state index in [1.807, 2.05) is 6.07 Å². The van der Waals surface area contributed by atoms with E-state index >= 15 is 0 Å². The van der Waals surface area contributed by atoms with Crippen LogP contribution in [0.4, 0.5) is 4.39 Å². The molecule has 0 aliphatic heterocycles. The highest BCUT2D eigenvalue weighted by molar-refractivity contribution is 5.53. The molecule has 1 N–H and O–H groups in total. The third kappa shape index (κ3) is 5.60. The van der Waals surface area contributed by atoms with Crippen LogP contribution >= 0.6 is 0 Å². The van der Waals surface area contributed by atoms with E-state index in [1.54, 1.807) is 19.2 Å². The van der Waals surface area contributed by atoms with Gasteiger partial charge in [-0.25, -0.2) is 4.39 Å². The van der Waals surface area contributed by atoms with Crippen molar-refractivity contribution in [3.05, 3.63) is 41.2 Å². The van der Waals surface area contributed by atoms with Crippen LogP contribution in [-0.2, 0) is 4.74 Å². The zero-order valence-electron chi connectivity index (χ0n) is 12.9. The monoisotopic (exact) mass is 291 g/mol. The molecule has 0 aromatic heterocycles. The number of hydrogen-bond acceptors (Lipinski definition) is 2. The first-order valence-electron chi connectivity index (χ1n) is 7.95. The van der Waals surface area contributed by atoms with E-state index in [9.17, 15) is 4.39 Å². The minimum Gasteiger partial charge on any atom is -0.383 e. The van der Waals surface area contributed by atoms with Crippen molar-refractivity contribution in [3.8, 4) is 0 Å². The lowest BCUT2D eigenvalue weighted by Gasteiger charge is -2.25. The molecule has 0 spiro atoms. The molecule has 2 nitrogen and oxygen atoms in total. The molecular weight excluding hydrogens is 265 g/mol. The van der Waals surface area contributed by atoms with Crippen molar-refractivity contribution in [1.82, 2.24) is 5.32 Å². The van der Waals surface area contributed by atoms with E-state index in [0.29, 0.717) is 5.92 Å². The maximum atomic E-state index is 13.4. The molecule has 3 heteroatoms. The van der Waals surface area contributed by atoms with E-state index in [0.717, 1.165) is 25.3 Å². The van der Waals surface area contributed by atoms with Crippen molar-refractivity contribution in [2.75, 3.05) is 26.8 Å². The second kappa shape index (κ2) is 8.96. The molecule has 1 aromatic carbocycles. The van der Waals surface area contributed by atoms with Crippen LogP contribution in [0.3, 0.4) is 0 Å². The van der Waals surface area contributed by atoms with Gasteiger partial charge in [-0.1, -0.05) is 43.0 Å². The summed E-state index contributed by atoms with van der Waals surface area (Å²) in [7, 11) is 1.71. The number of ether oxygens (including phenoxy) is 1. The normalized spacial score (nSPS) is 17.1. The minimum absolute atomic E-state index is 0.168. The Bertz CT molecular complexity index is 452. The molecule has 0 saturated heterocycles. The van der Waals surface area contributed by atoms with Gasteiger partial charge in [-0.05, 0) is 36.5 Å². The van der Waals surface area contributed by atoms with Crippen molar-refractivity contribution in [3.63, 3.8) is 0 Å². The minimum atomic E-state index is -0.168. The highest BCUT2D eigenvalue weighted by Crippen LogP contribution is 2.30. The Labute approximate surface area is 127 Å². The second-order valence-corrected chi connectivity index (χ2v) is 5.78. The lowest BCUT2D eigenvalue weighted by Crippen LogP contribution is -2.25. The summed E-state index contributed by atoms with van der Waals surface area (Å²) in [6.45, 7) is 2.44. The largest absolute Gasteiger partial charge is 0.383 e. The van der Waals surface area contributed by atoms with E-state index < -0.39 is 0 Å². The number of rotatable bonds is 7. The van der Waals surface area contributed by atoms with Crippen molar-refractivity contribution in [2.45, 2.75) is 32.1 Å². The molecule has 0 unspecified atom stereocenters. The SMILES string of the molecule is COCCNC/C(=C/c1cccc(F)c1)C1CCCCC1. The van der Waals surface area contributed by atoms with Crippen molar-refractivity contribution < 1.29 is 9.13 Å². The summed E-state index contributed by atoms with van der Waals surface area (Å²) in [5.41, 5.74) is 2.36. The Morgan fingerprint density at radius 3 is 2.86 bits per heavy atom. The summed E-state index contributed by atoms with van der Waals surface area (Å²) in [4.78, 5) is 0. The first kappa shape index (κ1) is 16.2. The molecule has 1 aliphatic rings. The maximum absolute atomic E-state index is 13.4. The predicted molar refractivity (Wildman–Crippen MR) is 85.7 cm³/mol. The van der Waals surface area contributed by atoms with Gasteiger partial charge in [0, 0.05) is 20.2 Å². The van der Waals surface area contributed by atoms with E-state index in [4.69, 9.17) is 4.74 Å². The van der Waals surface area contributed by atoms with Crippen LogP contribution < -0.4 is 5.32 Å². The highest BCUT2D eigenvalue weighted by atomic mass is 19.1. The van der Waals surface area contributed by atoms with Gasteiger partial charge >= 0.3 is 0 Å². The second-order valence-electron chi connectivity index (χ2n) is 5.78. The van der Waals surface area contributed by atoms with E-state index in [1.165, 1.54) is 43.7 Å². The summed E-state index contributed by atoms with van der Waals surface area (Å²) in [5, 5.41) is 3.43. The molecule has 0 amide bonds. The lowest BCUT2D eigenvalue weighted by molar-refractivity contribution is 0.200. The number of methoxy groups -OCH3 is 1. The van der Waals surface area contributed by atoms with Gasteiger partial charge in [0.15, 0.2) is 0 Å². The van der Waals surface area contributed by atoms with Crippen LogP contribution in [0.2, 0.25) is 0 Å². The summed E-state index contributed by atoms with van der Waals surface area (Å²) >= 11 is 0. The number of hydrogen-bond donors (Lipinski definition) is 1. The van der Waals surface area contributed by atoms with Gasteiger partial charge in [0.25, 0.3) is 0 Å². The first-order chi connectivity index (χ1) is 10.3. The van der Waals surface area contributed by atoms with E-state index in [2.05, 4.69) is 11.4 Å². The quantitative estimate of drug-likeness (QED) is 0.766. The Balaban J connectivity index is 2.06. The van der Waals surface area contributed by atoms with Crippen LogP contribution in [0.25, 0.3) is 6.08 Å². The van der Waals surface area contributed by atoms with Gasteiger partial charge in [-0.15, -0.1) is 0 Å². The zero-order valence-corrected chi connectivity index (χ0v) is 12.9. The van der Waals surface area contributed by atoms with Gasteiger partial charge < -0.3 is 10.1 Å². The molecule has 0 heterocycles. The van der Waals surface area contributed by atoms with Gasteiger partial charge in [-0.2, -0.15) is 0 Å². The third-order valence-electron chi connectivity index (χ3n) is 4.14. The number of halogens is 1. The summed E-state index contributed by atoms with van der Waals surface area (Å²) in [6.07, 6.45) is 8.65. The molecule has 21 heavy (non-hydrogen) atoms. The topological polar surface area (TPSA) is 21.3 Å². The Morgan fingerprint density at radius 1 is 1.33 bits per heavy atom. The van der Waals surface area contributed by atoms with E-state index in [-0.39, 0.29) is 5.82 Å². The summed E-state index contributed by atoms with van der Waals surface area (Å²) in [6, 6.07) is 6.85. The van der Waals surface area contributed by atoms with Gasteiger partial charge in [0.2, 0.25) is 0 Å². The fourth-order valence-corrected chi connectivity index (χ4v) is 3.00. The Hall–Kier alpha value is -1.19. The highest BCUT2D eigenvalue weighted by Gasteiger charge is 2.17. The van der Waals surface area contributed by atoms with Crippen molar-refractivity contribution in [2.24, 2.45) is 5.92 Å². The lowest BCUT2D eigenvalue weighted by atomic mass is 9.83. The smallest absolute Gasteiger partial charge is 0.123 e. The average Bonchev–Trinajstić information content (AvgIpc) is 2.51. The van der Waals surface area contributed by atoms with Gasteiger partial charge in [-0.3, -0.25) is 0 Å². The molecule has 0 bridgehead atoms. The van der Waals surface area contributed by atoms with Crippen molar-refractivity contribution in [1.29, 1.82) is 0 Å². The molecule has 1 aliphatic carbocycles. The van der Waals surface area contributed by atoms with Crippen LogP contribution in [-0.4, -0.2) is 26.8 Å². The molecule has 2 rings (SSSR count). The zero-order chi connectivity index (χ0) is 14.9. The molecular formula is C18H26FNO.